The fraction of sp³-hybridized carbons (Fsp3) is 0.500. The van der Waals surface area contributed by atoms with E-state index in [2.05, 4.69) is 32.0 Å². The summed E-state index contributed by atoms with van der Waals surface area (Å²) in [5, 5.41) is 0.784. The highest BCUT2D eigenvalue weighted by atomic mass is 32.2. The summed E-state index contributed by atoms with van der Waals surface area (Å²) in [5.41, 5.74) is 2.92. The Hall–Kier alpha value is -0.430. The van der Waals surface area contributed by atoms with Crippen LogP contribution in [0.4, 0.5) is 0 Å². The van der Waals surface area contributed by atoms with Crippen molar-refractivity contribution in [1.29, 1.82) is 0 Å². The molecule has 1 aliphatic rings. The molecule has 72 valence electrons. The van der Waals surface area contributed by atoms with Gasteiger partial charge in [-0.1, -0.05) is 38.5 Å². The van der Waals surface area contributed by atoms with Crippen molar-refractivity contribution in [2.45, 2.75) is 44.3 Å². The summed E-state index contributed by atoms with van der Waals surface area (Å²) in [5.74, 6) is 0. The maximum absolute atomic E-state index is 2.30. The third-order valence-electron chi connectivity index (χ3n) is 2.06. The van der Waals surface area contributed by atoms with Crippen molar-refractivity contribution < 1.29 is 0 Å². The zero-order chi connectivity index (χ0) is 9.84. The lowest BCUT2D eigenvalue weighted by Gasteiger charge is -1.97. The molecule has 1 unspecified atom stereocenters. The SMILES string of the molecule is CC.Cc1ccc2c(c1)SC(C)C2. The van der Waals surface area contributed by atoms with E-state index in [9.17, 15) is 0 Å². The van der Waals surface area contributed by atoms with Crippen LogP contribution in [0.2, 0.25) is 0 Å². The molecule has 0 fully saturated rings. The Labute approximate surface area is 85.7 Å². The van der Waals surface area contributed by atoms with Gasteiger partial charge in [-0.05, 0) is 25.0 Å². The van der Waals surface area contributed by atoms with E-state index in [0.29, 0.717) is 0 Å². The summed E-state index contributed by atoms with van der Waals surface area (Å²) >= 11 is 2.01. The Morgan fingerprint density at radius 2 is 2.00 bits per heavy atom. The van der Waals surface area contributed by atoms with Crippen LogP contribution in [-0.2, 0) is 6.42 Å². The molecule has 1 aliphatic heterocycles. The molecule has 0 spiro atoms. The maximum atomic E-state index is 2.30. The molecule has 0 radical (unpaired) electrons. The van der Waals surface area contributed by atoms with Crippen molar-refractivity contribution >= 4 is 11.8 Å². The fourth-order valence-electron chi connectivity index (χ4n) is 1.51. The minimum atomic E-state index is 0.784. The van der Waals surface area contributed by atoms with Gasteiger partial charge in [-0.3, -0.25) is 0 Å². The topological polar surface area (TPSA) is 0 Å². The van der Waals surface area contributed by atoms with Crippen LogP contribution in [0.3, 0.4) is 0 Å². The number of fused-ring (bicyclic) bond motifs is 1. The summed E-state index contributed by atoms with van der Waals surface area (Å²) in [4.78, 5) is 1.50. The number of aryl methyl sites for hydroxylation is 1. The second-order valence-electron chi connectivity index (χ2n) is 3.24. The summed E-state index contributed by atoms with van der Waals surface area (Å²) in [6.07, 6.45) is 1.25. The van der Waals surface area contributed by atoms with Gasteiger partial charge in [0.2, 0.25) is 0 Å². The van der Waals surface area contributed by atoms with E-state index in [1.807, 2.05) is 25.6 Å². The van der Waals surface area contributed by atoms with Crippen LogP contribution < -0.4 is 0 Å². The predicted octanol–water partition coefficient (Wildman–Crippen LogP) is 4.06. The number of benzene rings is 1. The van der Waals surface area contributed by atoms with Crippen LogP contribution in [0, 0.1) is 6.92 Å². The van der Waals surface area contributed by atoms with E-state index in [0.717, 1.165) is 5.25 Å². The van der Waals surface area contributed by atoms with Crippen LogP contribution in [0.5, 0.6) is 0 Å². The molecule has 1 atom stereocenters. The average Bonchev–Trinajstić information content (AvgIpc) is 2.48. The number of hydrogen-bond acceptors (Lipinski definition) is 1. The van der Waals surface area contributed by atoms with Gasteiger partial charge in [0, 0.05) is 10.1 Å². The molecular formula is C12H18S. The normalized spacial score (nSPS) is 18.9. The van der Waals surface area contributed by atoms with E-state index in [4.69, 9.17) is 0 Å². The minimum Gasteiger partial charge on any atom is -0.122 e. The van der Waals surface area contributed by atoms with Crippen molar-refractivity contribution in [2.24, 2.45) is 0 Å². The molecule has 1 heterocycles. The quantitative estimate of drug-likeness (QED) is 0.600. The molecule has 1 aromatic carbocycles. The zero-order valence-electron chi connectivity index (χ0n) is 8.92. The number of hydrogen-bond donors (Lipinski definition) is 0. The van der Waals surface area contributed by atoms with Gasteiger partial charge in [-0.25, -0.2) is 0 Å². The molecule has 0 saturated carbocycles. The van der Waals surface area contributed by atoms with E-state index in [1.54, 1.807) is 0 Å². The third kappa shape index (κ3) is 2.50. The Morgan fingerprint density at radius 1 is 1.31 bits per heavy atom. The van der Waals surface area contributed by atoms with Crippen molar-refractivity contribution in [3.63, 3.8) is 0 Å². The molecule has 1 aromatic rings. The lowest BCUT2D eigenvalue weighted by molar-refractivity contribution is 0.959. The Balaban J connectivity index is 0.000000396. The molecule has 0 bridgehead atoms. The first-order chi connectivity index (χ1) is 6.25. The van der Waals surface area contributed by atoms with Gasteiger partial charge in [0.1, 0.15) is 0 Å². The maximum Gasteiger partial charge on any atom is 0.0110 e. The molecule has 0 nitrogen and oxygen atoms in total. The summed E-state index contributed by atoms with van der Waals surface area (Å²) in [6, 6.07) is 6.77. The number of rotatable bonds is 0. The third-order valence-corrected chi connectivity index (χ3v) is 3.26. The van der Waals surface area contributed by atoms with Gasteiger partial charge in [-0.15, -0.1) is 11.8 Å². The molecule has 0 aliphatic carbocycles. The highest BCUT2D eigenvalue weighted by molar-refractivity contribution is 8.00. The van der Waals surface area contributed by atoms with E-state index >= 15 is 0 Å². The zero-order valence-corrected chi connectivity index (χ0v) is 9.74. The van der Waals surface area contributed by atoms with E-state index < -0.39 is 0 Å². The van der Waals surface area contributed by atoms with Crippen LogP contribution >= 0.6 is 11.8 Å². The summed E-state index contributed by atoms with van der Waals surface area (Å²) < 4.78 is 0. The molecular weight excluding hydrogens is 176 g/mol. The molecule has 0 saturated heterocycles. The van der Waals surface area contributed by atoms with Gasteiger partial charge < -0.3 is 0 Å². The van der Waals surface area contributed by atoms with Gasteiger partial charge in [0.05, 0.1) is 0 Å². The van der Waals surface area contributed by atoms with Crippen LogP contribution in [0.25, 0.3) is 0 Å². The lowest BCUT2D eigenvalue weighted by atomic mass is 10.1. The molecule has 1 heteroatoms. The smallest absolute Gasteiger partial charge is 0.0110 e. The highest BCUT2D eigenvalue weighted by Crippen LogP contribution is 2.36. The standard InChI is InChI=1S/C10H12S.C2H6/c1-7-3-4-9-6-8(2)11-10(9)5-7;1-2/h3-5,8H,6H2,1-2H3;1-2H3. The predicted molar refractivity (Wildman–Crippen MR) is 61.6 cm³/mol. The fourth-order valence-corrected chi connectivity index (χ4v) is 2.76. The lowest BCUT2D eigenvalue weighted by Crippen LogP contribution is -1.90. The molecule has 2 rings (SSSR count). The van der Waals surface area contributed by atoms with E-state index in [1.165, 1.54) is 22.4 Å². The van der Waals surface area contributed by atoms with Crippen molar-refractivity contribution in [1.82, 2.24) is 0 Å². The van der Waals surface area contributed by atoms with Crippen molar-refractivity contribution in [2.75, 3.05) is 0 Å². The van der Waals surface area contributed by atoms with Crippen LogP contribution in [0.15, 0.2) is 23.1 Å². The first kappa shape index (κ1) is 10.6. The van der Waals surface area contributed by atoms with Gasteiger partial charge >= 0.3 is 0 Å². The summed E-state index contributed by atoms with van der Waals surface area (Å²) in [6.45, 7) is 8.45. The van der Waals surface area contributed by atoms with Gasteiger partial charge in [0.15, 0.2) is 0 Å². The van der Waals surface area contributed by atoms with Crippen LogP contribution in [0.1, 0.15) is 31.9 Å². The largest absolute Gasteiger partial charge is 0.122 e. The first-order valence-corrected chi connectivity index (χ1v) is 5.90. The van der Waals surface area contributed by atoms with Gasteiger partial charge in [0.25, 0.3) is 0 Å². The first-order valence-electron chi connectivity index (χ1n) is 5.02. The molecule has 0 aromatic heterocycles. The second-order valence-corrected chi connectivity index (χ2v) is 4.72. The van der Waals surface area contributed by atoms with Crippen molar-refractivity contribution in [3.05, 3.63) is 29.3 Å². The Morgan fingerprint density at radius 3 is 2.69 bits per heavy atom. The molecule has 13 heavy (non-hydrogen) atoms. The van der Waals surface area contributed by atoms with Crippen LogP contribution in [-0.4, -0.2) is 5.25 Å². The Kier molecular flexibility index (Phi) is 3.86. The minimum absolute atomic E-state index is 0.784. The number of thioether (sulfide) groups is 1. The van der Waals surface area contributed by atoms with E-state index in [-0.39, 0.29) is 0 Å². The van der Waals surface area contributed by atoms with Crippen molar-refractivity contribution in [3.8, 4) is 0 Å². The molecule has 0 N–H and O–H groups in total. The molecule has 0 amide bonds. The Bertz CT molecular complexity index is 278. The summed E-state index contributed by atoms with van der Waals surface area (Å²) in [7, 11) is 0. The second kappa shape index (κ2) is 4.71. The highest BCUT2D eigenvalue weighted by Gasteiger charge is 2.17. The average molecular weight is 194 g/mol. The van der Waals surface area contributed by atoms with Gasteiger partial charge in [-0.2, -0.15) is 0 Å². The monoisotopic (exact) mass is 194 g/mol.